The van der Waals surface area contributed by atoms with Crippen LogP contribution in [0, 0.1) is 0 Å². The van der Waals surface area contributed by atoms with Gasteiger partial charge >= 0.3 is 0 Å². The van der Waals surface area contributed by atoms with Crippen LogP contribution in [0.5, 0.6) is 11.5 Å². The minimum Gasteiger partial charge on any atom is -0.495 e. The van der Waals surface area contributed by atoms with E-state index in [0.29, 0.717) is 33.1 Å². The molecule has 0 radical (unpaired) electrons. The lowest BCUT2D eigenvalue weighted by Gasteiger charge is -2.32. The van der Waals surface area contributed by atoms with Gasteiger partial charge in [-0.3, -0.25) is 24.8 Å². The third kappa shape index (κ3) is 4.32. The Bertz CT molecular complexity index is 1110. The van der Waals surface area contributed by atoms with E-state index in [1.807, 2.05) is 12.1 Å². The van der Waals surface area contributed by atoms with Crippen molar-refractivity contribution in [2.45, 2.75) is 6.17 Å². The summed E-state index contributed by atoms with van der Waals surface area (Å²) in [6.07, 6.45) is 2.70. The van der Waals surface area contributed by atoms with Crippen molar-refractivity contribution in [2.75, 3.05) is 30.2 Å². The molecule has 0 aromatic heterocycles. The molecule has 0 fully saturated rings. The van der Waals surface area contributed by atoms with Crippen LogP contribution in [-0.4, -0.2) is 48.0 Å². The second kappa shape index (κ2) is 9.41. The van der Waals surface area contributed by atoms with E-state index < -0.39 is 6.17 Å². The zero-order chi connectivity index (χ0) is 22.7. The van der Waals surface area contributed by atoms with E-state index in [-0.39, 0.29) is 17.6 Å². The summed E-state index contributed by atoms with van der Waals surface area (Å²) in [5.74, 6) is 0.771. The number of fused-ring (bicyclic) bond motifs is 1. The third-order valence-corrected chi connectivity index (χ3v) is 6.00. The normalized spacial score (nSPS) is 16.9. The van der Waals surface area contributed by atoms with Crippen LogP contribution in [0.25, 0.3) is 0 Å². The third-order valence-electron chi connectivity index (χ3n) is 4.74. The van der Waals surface area contributed by atoms with E-state index in [4.69, 9.17) is 21.1 Å². The van der Waals surface area contributed by atoms with Gasteiger partial charge in [-0.2, -0.15) is 5.10 Å². The molecule has 0 spiro atoms. The molecule has 11 heteroatoms. The molecular weight excluding hydrogens is 454 g/mol. The first-order valence-electron chi connectivity index (χ1n) is 9.54. The summed E-state index contributed by atoms with van der Waals surface area (Å²) < 4.78 is 10.5. The fraction of sp³-hybridized carbons (Fsp3) is 0.190. The number of ether oxygens (including phenoxy) is 2. The summed E-state index contributed by atoms with van der Waals surface area (Å²) >= 11 is 7.30. The van der Waals surface area contributed by atoms with E-state index in [9.17, 15) is 9.59 Å². The van der Waals surface area contributed by atoms with Crippen LogP contribution in [0.2, 0.25) is 5.02 Å². The number of carbonyl (C=O) groups excluding carboxylic acids is 2. The quantitative estimate of drug-likeness (QED) is 0.665. The fourth-order valence-electron chi connectivity index (χ4n) is 3.22. The first-order chi connectivity index (χ1) is 15.5. The molecule has 1 atom stereocenters. The van der Waals surface area contributed by atoms with Crippen LogP contribution >= 0.6 is 23.4 Å². The Labute approximate surface area is 194 Å². The molecular formula is C21H20ClN5O4S. The Morgan fingerprint density at radius 1 is 1.19 bits per heavy atom. The fourth-order valence-corrected chi connectivity index (χ4v) is 4.24. The number of anilines is 2. The van der Waals surface area contributed by atoms with Crippen LogP contribution in [0.4, 0.5) is 11.4 Å². The van der Waals surface area contributed by atoms with E-state index in [2.05, 4.69) is 15.8 Å². The topological polar surface area (TPSA) is 95.5 Å². The monoisotopic (exact) mass is 473 g/mol. The Hall–Kier alpha value is -3.37. The van der Waals surface area contributed by atoms with E-state index in [1.165, 1.54) is 23.8 Å². The van der Waals surface area contributed by atoms with Gasteiger partial charge in [0.2, 0.25) is 12.1 Å². The predicted molar refractivity (Wildman–Crippen MR) is 125 cm³/mol. The van der Waals surface area contributed by atoms with Gasteiger partial charge in [0.15, 0.2) is 5.17 Å². The highest BCUT2D eigenvalue weighted by Crippen LogP contribution is 2.32. The van der Waals surface area contributed by atoms with Crippen molar-refractivity contribution in [1.82, 2.24) is 10.3 Å². The number of carbonyl (C=O) groups is 2. The van der Waals surface area contributed by atoms with Crippen molar-refractivity contribution < 1.29 is 19.1 Å². The van der Waals surface area contributed by atoms with E-state index in [1.54, 1.807) is 54.7 Å². The summed E-state index contributed by atoms with van der Waals surface area (Å²) in [7, 11) is 3.08. The zero-order valence-electron chi connectivity index (χ0n) is 17.2. The van der Waals surface area contributed by atoms with Gasteiger partial charge in [0.25, 0.3) is 5.91 Å². The molecule has 0 saturated heterocycles. The van der Waals surface area contributed by atoms with Gasteiger partial charge < -0.3 is 14.8 Å². The predicted octanol–water partition coefficient (Wildman–Crippen LogP) is 3.05. The number of methoxy groups -OCH3 is 2. The molecule has 0 saturated carbocycles. The molecule has 2 aliphatic rings. The maximum atomic E-state index is 13.0. The number of benzene rings is 2. The Morgan fingerprint density at radius 2 is 1.97 bits per heavy atom. The van der Waals surface area contributed by atoms with E-state index in [0.717, 1.165) is 0 Å². The zero-order valence-corrected chi connectivity index (χ0v) is 18.8. The summed E-state index contributed by atoms with van der Waals surface area (Å²) in [5, 5.41) is 7.92. The first-order valence-corrected chi connectivity index (χ1v) is 10.9. The number of nitrogens with zero attached hydrogens (tertiary/aromatic N) is 3. The summed E-state index contributed by atoms with van der Waals surface area (Å²) in [6.45, 7) is 0. The van der Waals surface area contributed by atoms with Crippen LogP contribution in [-0.2, 0) is 9.59 Å². The van der Waals surface area contributed by atoms with E-state index >= 15 is 0 Å². The van der Waals surface area contributed by atoms with Crippen molar-refractivity contribution in [3.05, 3.63) is 59.9 Å². The number of para-hydroxylation sites is 2. The maximum absolute atomic E-state index is 13.0. The minimum atomic E-state index is -0.698. The number of rotatable bonds is 6. The summed E-state index contributed by atoms with van der Waals surface area (Å²) in [4.78, 5) is 28.6. The number of amidine groups is 1. The van der Waals surface area contributed by atoms with Crippen molar-refractivity contribution in [2.24, 2.45) is 5.10 Å². The highest BCUT2D eigenvalue weighted by Gasteiger charge is 2.39. The van der Waals surface area contributed by atoms with Gasteiger partial charge in [-0.15, -0.1) is 0 Å². The molecule has 2 aromatic rings. The number of hydrogen-bond donors (Lipinski definition) is 2. The second-order valence-corrected chi connectivity index (χ2v) is 8.05. The van der Waals surface area contributed by atoms with Crippen molar-refractivity contribution in [1.29, 1.82) is 0 Å². The Morgan fingerprint density at radius 3 is 2.72 bits per heavy atom. The number of hydrazone groups is 1. The largest absolute Gasteiger partial charge is 0.495 e. The van der Waals surface area contributed by atoms with Crippen molar-refractivity contribution >= 4 is 51.7 Å². The molecule has 166 valence electrons. The van der Waals surface area contributed by atoms with Gasteiger partial charge in [-0.25, -0.2) is 0 Å². The Balaban J connectivity index is 1.38. The number of hydrogen-bond acceptors (Lipinski definition) is 8. The Kier molecular flexibility index (Phi) is 6.42. The molecule has 2 N–H and O–H groups in total. The van der Waals surface area contributed by atoms with Crippen LogP contribution in [0.3, 0.4) is 0 Å². The van der Waals surface area contributed by atoms with Crippen LogP contribution in [0.15, 0.2) is 60.0 Å². The van der Waals surface area contributed by atoms with Gasteiger partial charge in [0.1, 0.15) is 11.5 Å². The molecule has 0 aliphatic carbocycles. The standard InChI is InChI=1S/C21H20ClN5O4S/c1-30-16-8-7-13(11-14(16)22)23-18(28)12-32-21-25-24-19-20(29)26(9-10-27(19)21)15-5-3-4-6-17(15)31-2/h3-11,19,24H,12H2,1-2H3,(H,23,28). The highest BCUT2D eigenvalue weighted by atomic mass is 35.5. The molecule has 1 unspecified atom stereocenters. The molecule has 2 aliphatic heterocycles. The lowest BCUT2D eigenvalue weighted by atomic mass is 10.2. The van der Waals surface area contributed by atoms with Gasteiger partial charge in [0, 0.05) is 18.1 Å². The average Bonchev–Trinajstić information content (AvgIpc) is 3.22. The average molecular weight is 474 g/mol. The van der Waals surface area contributed by atoms with Gasteiger partial charge in [0.05, 0.1) is 30.7 Å². The molecule has 2 amide bonds. The molecule has 0 bridgehead atoms. The minimum absolute atomic E-state index is 0.103. The number of nitrogens with one attached hydrogen (secondary N) is 2. The molecule has 9 nitrogen and oxygen atoms in total. The van der Waals surface area contributed by atoms with Crippen LogP contribution < -0.4 is 25.1 Å². The smallest absolute Gasteiger partial charge is 0.276 e. The summed E-state index contributed by atoms with van der Waals surface area (Å²) in [6, 6.07) is 12.3. The van der Waals surface area contributed by atoms with Crippen molar-refractivity contribution in [3.63, 3.8) is 0 Å². The second-order valence-electron chi connectivity index (χ2n) is 6.70. The van der Waals surface area contributed by atoms with Crippen LogP contribution in [0.1, 0.15) is 0 Å². The molecule has 2 heterocycles. The number of amides is 2. The molecule has 4 rings (SSSR count). The summed E-state index contributed by atoms with van der Waals surface area (Å²) in [5.41, 5.74) is 4.03. The maximum Gasteiger partial charge on any atom is 0.276 e. The van der Waals surface area contributed by atoms with Gasteiger partial charge in [-0.1, -0.05) is 35.5 Å². The lowest BCUT2D eigenvalue weighted by molar-refractivity contribution is -0.122. The SMILES string of the molecule is COc1ccc(NC(=O)CSC2=NNC3C(=O)N(c4ccccc4OC)C=CN23)cc1Cl. The molecule has 2 aromatic carbocycles. The van der Waals surface area contributed by atoms with Gasteiger partial charge in [-0.05, 0) is 30.3 Å². The number of halogens is 1. The molecule has 32 heavy (non-hydrogen) atoms. The van der Waals surface area contributed by atoms with Crippen molar-refractivity contribution in [3.8, 4) is 11.5 Å². The lowest BCUT2D eigenvalue weighted by Crippen LogP contribution is -2.52. The first kappa shape index (κ1) is 21.8. The highest BCUT2D eigenvalue weighted by molar-refractivity contribution is 8.14. The number of thioether (sulfide) groups is 1.